The molecular formula is C26H41NO8S. The van der Waals surface area contributed by atoms with Gasteiger partial charge in [0.1, 0.15) is 6.61 Å². The lowest BCUT2D eigenvalue weighted by molar-refractivity contribution is -0.276. The van der Waals surface area contributed by atoms with E-state index in [2.05, 4.69) is 6.92 Å². The zero-order valence-electron chi connectivity index (χ0n) is 21.9. The summed E-state index contributed by atoms with van der Waals surface area (Å²) in [7, 11) is -4.07. The van der Waals surface area contributed by atoms with E-state index in [4.69, 9.17) is 23.7 Å². The average molecular weight is 528 g/mol. The molecule has 1 aromatic carbocycles. The zero-order valence-corrected chi connectivity index (χ0v) is 22.7. The van der Waals surface area contributed by atoms with Crippen molar-refractivity contribution in [1.82, 2.24) is 4.72 Å². The molecule has 0 bridgehead atoms. The molecule has 3 rings (SSSR count). The Morgan fingerprint density at radius 2 is 1.64 bits per heavy atom. The predicted molar refractivity (Wildman–Crippen MR) is 134 cm³/mol. The molecule has 2 fully saturated rings. The molecule has 2 saturated heterocycles. The van der Waals surface area contributed by atoms with E-state index in [-0.39, 0.29) is 11.5 Å². The fraction of sp³-hybridized carbons (Fsp3) is 0.731. The predicted octanol–water partition coefficient (Wildman–Crippen LogP) is 4.89. The maximum absolute atomic E-state index is 12.5. The number of sulfonamides is 1. The highest BCUT2D eigenvalue weighted by molar-refractivity contribution is 7.90. The van der Waals surface area contributed by atoms with Gasteiger partial charge >= 0.3 is 6.09 Å². The van der Waals surface area contributed by atoms with Crippen molar-refractivity contribution in [2.45, 2.75) is 114 Å². The highest BCUT2D eigenvalue weighted by atomic mass is 32.2. The average Bonchev–Trinajstić information content (AvgIpc) is 3.21. The van der Waals surface area contributed by atoms with Crippen LogP contribution >= 0.6 is 0 Å². The lowest BCUT2D eigenvalue weighted by Crippen LogP contribution is -2.46. The Bertz CT molecular complexity index is 939. The Balaban J connectivity index is 1.52. The van der Waals surface area contributed by atoms with Crippen LogP contribution < -0.4 is 4.72 Å². The van der Waals surface area contributed by atoms with E-state index in [1.807, 2.05) is 4.72 Å². The minimum atomic E-state index is -4.07. The van der Waals surface area contributed by atoms with E-state index >= 15 is 0 Å². The molecular weight excluding hydrogens is 486 g/mol. The van der Waals surface area contributed by atoms with Crippen LogP contribution in [-0.2, 0) is 33.7 Å². The molecule has 2 aliphatic rings. The smallest absolute Gasteiger partial charge is 0.421 e. The molecule has 2 heterocycles. The van der Waals surface area contributed by atoms with Crippen molar-refractivity contribution >= 4 is 16.1 Å². The molecule has 1 aromatic rings. The van der Waals surface area contributed by atoms with E-state index in [9.17, 15) is 13.2 Å². The number of hydrogen-bond donors (Lipinski definition) is 1. The second-order valence-corrected chi connectivity index (χ2v) is 11.7. The summed E-state index contributed by atoms with van der Waals surface area (Å²) < 4.78 is 56.6. The molecule has 0 radical (unpaired) electrons. The summed E-state index contributed by atoms with van der Waals surface area (Å²) in [5.74, 6) is -2.23. The standard InChI is InChI=1S/C26H41NO8S/c1-5-6-7-8-9-10-11-15-18-31-19-26-23(34-25(3,4)35-26)22(20(2)33-26)32-24(28)27-36(29,30)21-16-13-12-14-17-21/h12-14,16-17,20,22-23H,5-11,15,18-19H2,1-4H3,(H,27,28)/t20-,22+,23-,26-/m0/s1. The van der Waals surface area contributed by atoms with E-state index < -0.39 is 46.0 Å². The first-order valence-electron chi connectivity index (χ1n) is 13.0. The van der Waals surface area contributed by atoms with E-state index in [1.165, 1.54) is 50.7 Å². The van der Waals surface area contributed by atoms with Crippen molar-refractivity contribution in [1.29, 1.82) is 0 Å². The van der Waals surface area contributed by atoms with Crippen molar-refractivity contribution in [2.75, 3.05) is 13.2 Å². The lowest BCUT2D eigenvalue weighted by Gasteiger charge is -2.27. The molecule has 1 N–H and O–H groups in total. The van der Waals surface area contributed by atoms with Crippen molar-refractivity contribution in [3.8, 4) is 0 Å². The quantitative estimate of drug-likeness (QED) is 0.341. The van der Waals surface area contributed by atoms with Gasteiger partial charge in [0.25, 0.3) is 10.0 Å². The third kappa shape index (κ3) is 7.64. The SMILES string of the molecule is CCCCCCCCCCOC[C@@]12O[C@@H](C)[C@@H](OC(=O)NS(=O)(=O)c3ccccc3)[C@@H]1OC(C)(C)O2. The molecule has 0 aromatic heterocycles. The van der Waals surface area contributed by atoms with Gasteiger partial charge in [0.2, 0.25) is 5.79 Å². The number of benzene rings is 1. The second-order valence-electron chi connectivity index (χ2n) is 9.99. The zero-order chi connectivity index (χ0) is 26.2. The number of carbonyl (C=O) groups is 1. The summed E-state index contributed by atoms with van der Waals surface area (Å²) in [5, 5.41) is 0. The molecule has 36 heavy (non-hydrogen) atoms. The summed E-state index contributed by atoms with van der Waals surface area (Å²) in [6.07, 6.45) is 6.27. The van der Waals surface area contributed by atoms with Crippen molar-refractivity contribution in [3.05, 3.63) is 30.3 Å². The van der Waals surface area contributed by atoms with Crippen LogP contribution in [0.2, 0.25) is 0 Å². The number of ether oxygens (including phenoxy) is 5. The van der Waals surface area contributed by atoms with Gasteiger partial charge in [-0.3, -0.25) is 0 Å². The summed E-state index contributed by atoms with van der Waals surface area (Å²) in [6.45, 7) is 8.11. The Labute approximate surface area is 215 Å². The Morgan fingerprint density at radius 3 is 2.31 bits per heavy atom. The Morgan fingerprint density at radius 1 is 1.00 bits per heavy atom. The first-order valence-corrected chi connectivity index (χ1v) is 14.5. The summed E-state index contributed by atoms with van der Waals surface area (Å²) in [4.78, 5) is 12.5. The number of fused-ring (bicyclic) bond motifs is 1. The van der Waals surface area contributed by atoms with Gasteiger partial charge in [-0.1, -0.05) is 70.1 Å². The molecule has 10 heteroatoms. The van der Waals surface area contributed by atoms with Gasteiger partial charge in [0.05, 0.1) is 11.0 Å². The minimum absolute atomic E-state index is 0.0389. The summed E-state index contributed by atoms with van der Waals surface area (Å²) >= 11 is 0. The van der Waals surface area contributed by atoms with Gasteiger partial charge < -0.3 is 23.7 Å². The van der Waals surface area contributed by atoms with Gasteiger partial charge in [-0.05, 0) is 39.3 Å². The van der Waals surface area contributed by atoms with Crippen LogP contribution in [0.15, 0.2) is 35.2 Å². The fourth-order valence-corrected chi connectivity index (χ4v) is 5.60. The van der Waals surface area contributed by atoms with E-state index in [1.54, 1.807) is 39.0 Å². The molecule has 1 amide bonds. The van der Waals surface area contributed by atoms with Gasteiger partial charge in [-0.15, -0.1) is 0 Å². The number of hydrogen-bond acceptors (Lipinski definition) is 8. The fourth-order valence-electron chi connectivity index (χ4n) is 4.70. The molecule has 0 unspecified atom stereocenters. The first-order chi connectivity index (χ1) is 17.1. The monoisotopic (exact) mass is 527 g/mol. The largest absolute Gasteiger partial charge is 0.440 e. The van der Waals surface area contributed by atoms with Crippen LogP contribution in [0.1, 0.15) is 79.1 Å². The summed E-state index contributed by atoms with van der Waals surface area (Å²) in [6, 6.07) is 7.61. The topological polar surface area (TPSA) is 109 Å². The number of amides is 1. The Kier molecular flexibility index (Phi) is 10.2. The number of rotatable bonds is 14. The van der Waals surface area contributed by atoms with Gasteiger partial charge in [-0.25, -0.2) is 17.9 Å². The normalized spacial score (nSPS) is 27.1. The molecule has 0 aliphatic carbocycles. The van der Waals surface area contributed by atoms with Gasteiger partial charge in [0, 0.05) is 6.61 Å². The highest BCUT2D eigenvalue weighted by Crippen LogP contribution is 2.46. The number of carbonyl (C=O) groups excluding carboxylic acids is 1. The van der Waals surface area contributed by atoms with Crippen LogP contribution in [0, 0.1) is 0 Å². The molecule has 9 nitrogen and oxygen atoms in total. The Hall–Kier alpha value is -1.72. The van der Waals surface area contributed by atoms with E-state index in [0.29, 0.717) is 6.61 Å². The molecule has 2 aliphatic heterocycles. The van der Waals surface area contributed by atoms with Crippen LogP contribution in [0.5, 0.6) is 0 Å². The number of unbranched alkanes of at least 4 members (excludes halogenated alkanes) is 7. The molecule has 4 atom stereocenters. The molecule has 204 valence electrons. The maximum atomic E-state index is 12.5. The van der Waals surface area contributed by atoms with Crippen molar-refractivity contribution in [2.24, 2.45) is 0 Å². The van der Waals surface area contributed by atoms with Crippen LogP contribution in [0.3, 0.4) is 0 Å². The highest BCUT2D eigenvalue weighted by Gasteiger charge is 2.65. The number of nitrogens with one attached hydrogen (secondary N) is 1. The third-order valence-corrected chi connectivity index (χ3v) is 7.70. The van der Waals surface area contributed by atoms with Crippen LogP contribution in [0.4, 0.5) is 4.79 Å². The second kappa shape index (κ2) is 12.7. The van der Waals surface area contributed by atoms with E-state index in [0.717, 1.165) is 12.8 Å². The molecule has 0 spiro atoms. The van der Waals surface area contributed by atoms with Crippen LogP contribution in [0.25, 0.3) is 0 Å². The lowest BCUT2D eigenvalue weighted by atomic mass is 10.1. The van der Waals surface area contributed by atoms with Crippen LogP contribution in [-0.4, -0.2) is 57.6 Å². The van der Waals surface area contributed by atoms with Gasteiger partial charge in [-0.2, -0.15) is 0 Å². The van der Waals surface area contributed by atoms with Crippen molar-refractivity contribution in [3.63, 3.8) is 0 Å². The first kappa shape index (κ1) is 28.8. The molecule has 0 saturated carbocycles. The minimum Gasteiger partial charge on any atom is -0.440 e. The summed E-state index contributed by atoms with van der Waals surface area (Å²) in [5.41, 5.74) is 0. The van der Waals surface area contributed by atoms with Gasteiger partial charge in [0.15, 0.2) is 18.0 Å². The third-order valence-electron chi connectivity index (χ3n) is 6.37. The van der Waals surface area contributed by atoms with Crippen molar-refractivity contribution < 1.29 is 36.9 Å². The maximum Gasteiger partial charge on any atom is 0.421 e.